The molecule has 0 radical (unpaired) electrons. The minimum atomic E-state index is 0.123. The van der Waals surface area contributed by atoms with Gasteiger partial charge in [-0.25, -0.2) is 0 Å². The van der Waals surface area contributed by atoms with Gasteiger partial charge in [-0.3, -0.25) is 4.79 Å². The lowest BCUT2D eigenvalue weighted by atomic mass is 9.96. The van der Waals surface area contributed by atoms with Gasteiger partial charge in [0, 0.05) is 18.5 Å². The summed E-state index contributed by atoms with van der Waals surface area (Å²) in [4.78, 5) is 13.7. The van der Waals surface area contributed by atoms with Gasteiger partial charge < -0.3 is 10.2 Å². The van der Waals surface area contributed by atoms with Crippen molar-refractivity contribution >= 4 is 18.5 Å². The largest absolute Gasteiger partial charge is 0.354 e. The average molecular weight is 230 g/mol. The molecule has 0 unspecified atom stereocenters. The summed E-state index contributed by atoms with van der Waals surface area (Å²) in [7, 11) is 4.21. The van der Waals surface area contributed by atoms with E-state index >= 15 is 0 Å². The number of likely N-dealkylation sites (N-methyl/N-ethyl adjacent to an activating group) is 1. The summed E-state index contributed by atoms with van der Waals surface area (Å²) in [5.74, 6) is 0.749. The van der Waals surface area contributed by atoms with Gasteiger partial charge in [-0.15, -0.1) is 0 Å². The van der Waals surface area contributed by atoms with Gasteiger partial charge in [0.2, 0.25) is 5.91 Å². The second-order valence-electron chi connectivity index (χ2n) is 4.58. The highest BCUT2D eigenvalue weighted by Gasteiger charge is 2.35. The van der Waals surface area contributed by atoms with E-state index in [4.69, 9.17) is 0 Å². The van der Waals surface area contributed by atoms with Gasteiger partial charge in [-0.1, -0.05) is 12.8 Å². The van der Waals surface area contributed by atoms with Crippen LogP contribution < -0.4 is 5.32 Å². The number of nitrogens with one attached hydrogen (secondary N) is 1. The molecule has 1 amide bonds. The number of hydrogen-bond acceptors (Lipinski definition) is 3. The first-order chi connectivity index (χ1) is 7.10. The fourth-order valence-electron chi connectivity index (χ4n) is 2.27. The first-order valence-electron chi connectivity index (χ1n) is 5.66. The lowest BCUT2D eigenvalue weighted by Gasteiger charge is -2.36. The van der Waals surface area contributed by atoms with E-state index in [1.54, 1.807) is 0 Å². The minimum Gasteiger partial charge on any atom is -0.354 e. The van der Waals surface area contributed by atoms with Crippen molar-refractivity contribution in [2.24, 2.45) is 0 Å². The van der Waals surface area contributed by atoms with Crippen LogP contribution in [0.1, 0.15) is 32.1 Å². The molecule has 0 aromatic heterocycles. The molecule has 0 saturated heterocycles. The Kier molecular flexibility index (Phi) is 4.93. The SMILES string of the molecule is CN(C)C1(CNC(=O)CCS)CCCC1. The van der Waals surface area contributed by atoms with Crippen molar-refractivity contribution in [1.29, 1.82) is 0 Å². The van der Waals surface area contributed by atoms with Gasteiger partial charge >= 0.3 is 0 Å². The van der Waals surface area contributed by atoms with Gasteiger partial charge in [0.15, 0.2) is 0 Å². The highest BCUT2D eigenvalue weighted by molar-refractivity contribution is 7.80. The third-order valence-electron chi connectivity index (χ3n) is 3.44. The third kappa shape index (κ3) is 3.38. The van der Waals surface area contributed by atoms with Crippen LogP contribution in [0.4, 0.5) is 0 Å². The minimum absolute atomic E-state index is 0.123. The number of thiol groups is 1. The standard InChI is InChI=1S/C11H22N2OS/c1-13(2)11(6-3-4-7-11)9-12-10(14)5-8-15/h15H,3-9H2,1-2H3,(H,12,14). The van der Waals surface area contributed by atoms with E-state index in [9.17, 15) is 4.79 Å². The van der Waals surface area contributed by atoms with E-state index in [-0.39, 0.29) is 11.4 Å². The Bertz CT molecular complexity index is 213. The lowest BCUT2D eigenvalue weighted by molar-refractivity contribution is -0.121. The van der Waals surface area contributed by atoms with Crippen molar-refractivity contribution in [3.63, 3.8) is 0 Å². The molecule has 88 valence electrons. The molecule has 0 aromatic rings. The second kappa shape index (κ2) is 5.75. The van der Waals surface area contributed by atoms with Crippen molar-refractivity contribution in [3.05, 3.63) is 0 Å². The molecule has 0 heterocycles. The zero-order chi connectivity index (χ0) is 11.3. The summed E-state index contributed by atoms with van der Waals surface area (Å²) >= 11 is 4.05. The molecule has 4 heteroatoms. The Morgan fingerprint density at radius 2 is 2.00 bits per heavy atom. The van der Waals surface area contributed by atoms with Crippen molar-refractivity contribution < 1.29 is 4.79 Å². The fourth-order valence-corrected chi connectivity index (χ4v) is 2.47. The lowest BCUT2D eigenvalue weighted by Crippen LogP contribution is -2.50. The van der Waals surface area contributed by atoms with Crippen LogP contribution in [-0.2, 0) is 4.79 Å². The fraction of sp³-hybridized carbons (Fsp3) is 0.909. The first-order valence-corrected chi connectivity index (χ1v) is 6.29. The molecule has 0 bridgehead atoms. The quantitative estimate of drug-likeness (QED) is 0.698. The summed E-state index contributed by atoms with van der Waals surface area (Å²) in [6, 6.07) is 0. The van der Waals surface area contributed by atoms with Gasteiger partial charge in [0.05, 0.1) is 0 Å². The zero-order valence-corrected chi connectivity index (χ0v) is 10.6. The number of carbonyl (C=O) groups excluding carboxylic acids is 1. The van der Waals surface area contributed by atoms with Crippen molar-refractivity contribution in [3.8, 4) is 0 Å². The number of rotatable bonds is 5. The molecule has 15 heavy (non-hydrogen) atoms. The van der Waals surface area contributed by atoms with E-state index in [0.717, 1.165) is 6.54 Å². The van der Waals surface area contributed by atoms with E-state index in [1.165, 1.54) is 25.7 Å². The van der Waals surface area contributed by atoms with Gasteiger partial charge in [0.25, 0.3) is 0 Å². The number of carbonyl (C=O) groups is 1. The Morgan fingerprint density at radius 3 is 2.47 bits per heavy atom. The Balaban J connectivity index is 2.42. The average Bonchev–Trinajstić information content (AvgIpc) is 2.65. The molecule has 0 spiro atoms. The molecule has 0 aromatic carbocycles. The predicted molar refractivity (Wildman–Crippen MR) is 66.4 cm³/mol. The summed E-state index contributed by atoms with van der Waals surface area (Å²) in [6.45, 7) is 0.784. The molecule has 1 aliphatic rings. The molecule has 1 fully saturated rings. The molecule has 0 aliphatic heterocycles. The molecule has 1 aliphatic carbocycles. The monoisotopic (exact) mass is 230 g/mol. The van der Waals surface area contributed by atoms with Crippen LogP contribution in [0, 0.1) is 0 Å². The van der Waals surface area contributed by atoms with Crippen LogP contribution >= 0.6 is 12.6 Å². The summed E-state index contributed by atoms with van der Waals surface area (Å²) in [5, 5.41) is 3.02. The van der Waals surface area contributed by atoms with Crippen molar-refractivity contribution in [1.82, 2.24) is 10.2 Å². The Morgan fingerprint density at radius 1 is 1.40 bits per heavy atom. The zero-order valence-electron chi connectivity index (χ0n) is 9.75. The molecular formula is C11H22N2OS. The van der Waals surface area contributed by atoms with Gasteiger partial charge in [0.1, 0.15) is 0 Å². The highest BCUT2D eigenvalue weighted by atomic mass is 32.1. The third-order valence-corrected chi connectivity index (χ3v) is 3.66. The van der Waals surface area contributed by atoms with E-state index in [1.807, 2.05) is 0 Å². The van der Waals surface area contributed by atoms with E-state index < -0.39 is 0 Å². The number of amides is 1. The van der Waals surface area contributed by atoms with Crippen LogP contribution in [0.3, 0.4) is 0 Å². The van der Waals surface area contributed by atoms with Crippen LogP contribution in [0.15, 0.2) is 0 Å². The van der Waals surface area contributed by atoms with Crippen LogP contribution in [0.5, 0.6) is 0 Å². The van der Waals surface area contributed by atoms with Gasteiger partial charge in [-0.2, -0.15) is 12.6 Å². The number of nitrogens with zero attached hydrogens (tertiary/aromatic N) is 1. The highest BCUT2D eigenvalue weighted by Crippen LogP contribution is 2.32. The normalized spacial score (nSPS) is 19.5. The van der Waals surface area contributed by atoms with Crippen LogP contribution in [0.2, 0.25) is 0 Å². The molecule has 1 rings (SSSR count). The Labute approximate surface area is 98.0 Å². The van der Waals surface area contributed by atoms with Crippen molar-refractivity contribution in [2.75, 3.05) is 26.4 Å². The maximum absolute atomic E-state index is 11.4. The molecule has 0 atom stereocenters. The van der Waals surface area contributed by atoms with Crippen molar-refractivity contribution in [2.45, 2.75) is 37.6 Å². The summed E-state index contributed by atoms with van der Waals surface area (Å²) < 4.78 is 0. The maximum atomic E-state index is 11.4. The molecular weight excluding hydrogens is 208 g/mol. The molecule has 1 N–H and O–H groups in total. The second-order valence-corrected chi connectivity index (χ2v) is 5.02. The van der Waals surface area contributed by atoms with Crippen LogP contribution in [0.25, 0.3) is 0 Å². The van der Waals surface area contributed by atoms with Gasteiger partial charge in [-0.05, 0) is 32.7 Å². The smallest absolute Gasteiger partial charge is 0.220 e. The summed E-state index contributed by atoms with van der Waals surface area (Å²) in [6.07, 6.45) is 5.47. The first kappa shape index (κ1) is 12.8. The number of hydrogen-bond donors (Lipinski definition) is 2. The molecule has 1 saturated carbocycles. The van der Waals surface area contributed by atoms with Crippen LogP contribution in [-0.4, -0.2) is 42.7 Å². The van der Waals surface area contributed by atoms with E-state index in [0.29, 0.717) is 12.2 Å². The summed E-state index contributed by atoms with van der Waals surface area (Å²) in [5.41, 5.74) is 0.201. The maximum Gasteiger partial charge on any atom is 0.220 e. The van der Waals surface area contributed by atoms with E-state index in [2.05, 4.69) is 36.9 Å². The molecule has 3 nitrogen and oxygen atoms in total. The topological polar surface area (TPSA) is 32.3 Å². The predicted octanol–water partition coefficient (Wildman–Crippen LogP) is 1.30. The Hall–Kier alpha value is -0.220.